The van der Waals surface area contributed by atoms with Crippen LogP contribution in [-0.4, -0.2) is 15.4 Å². The number of hydrogen-bond donors (Lipinski definition) is 0. The zero-order valence-electron chi connectivity index (χ0n) is 10.8. The number of halogens is 2. The van der Waals surface area contributed by atoms with Crippen LogP contribution in [0.3, 0.4) is 0 Å². The van der Waals surface area contributed by atoms with Crippen LogP contribution in [0.1, 0.15) is 26.1 Å². The van der Waals surface area contributed by atoms with Gasteiger partial charge in [0.25, 0.3) is 0 Å². The lowest BCUT2D eigenvalue weighted by Crippen LogP contribution is -2.10. The fraction of sp³-hybridized carbons (Fsp3) is 0.500. The molecule has 0 aliphatic rings. The Kier molecular flexibility index (Phi) is 4.52. The summed E-state index contributed by atoms with van der Waals surface area (Å²) in [6.07, 6.45) is 1.95. The highest BCUT2D eigenvalue weighted by molar-refractivity contribution is 6.31. The van der Waals surface area contributed by atoms with E-state index in [-0.39, 0.29) is 0 Å². The highest BCUT2D eigenvalue weighted by atomic mass is 35.5. The van der Waals surface area contributed by atoms with Crippen molar-refractivity contribution in [2.75, 3.05) is 5.88 Å². The lowest BCUT2D eigenvalue weighted by atomic mass is 10.1. The Morgan fingerprint density at radius 2 is 2.17 bits per heavy atom. The number of fused-ring (bicyclic) bond motifs is 1. The molecule has 1 heterocycles. The van der Waals surface area contributed by atoms with Gasteiger partial charge >= 0.3 is 0 Å². The van der Waals surface area contributed by atoms with Crippen LogP contribution in [0.15, 0.2) is 18.2 Å². The minimum Gasteiger partial charge on any atom is -0.328 e. The zero-order valence-corrected chi connectivity index (χ0v) is 12.3. The highest BCUT2D eigenvalue weighted by Crippen LogP contribution is 2.23. The number of aryl methyl sites for hydroxylation is 1. The number of nitrogens with zero attached hydrogens (tertiary/aromatic N) is 2. The number of aromatic nitrogens is 2. The van der Waals surface area contributed by atoms with Crippen LogP contribution in [0, 0.1) is 5.92 Å². The lowest BCUT2D eigenvalue weighted by molar-refractivity contribution is 0.466. The second-order valence-electron chi connectivity index (χ2n) is 4.72. The molecule has 1 aromatic heterocycles. The molecule has 0 fully saturated rings. The predicted octanol–water partition coefficient (Wildman–Crippen LogP) is 4.52. The first-order chi connectivity index (χ1) is 8.65. The monoisotopic (exact) mass is 284 g/mol. The molecule has 0 spiro atoms. The van der Waals surface area contributed by atoms with Gasteiger partial charge in [0.2, 0.25) is 0 Å². The van der Waals surface area contributed by atoms with Crippen molar-refractivity contribution in [3.05, 3.63) is 29.0 Å². The van der Waals surface area contributed by atoms with Gasteiger partial charge in [-0.25, -0.2) is 4.98 Å². The SMILES string of the molecule is CCC(C)Cn1c(CCCl)nc2ccc(Cl)cc21. The number of imidazole rings is 1. The van der Waals surface area contributed by atoms with Crippen molar-refractivity contribution in [3.8, 4) is 0 Å². The topological polar surface area (TPSA) is 17.8 Å². The lowest BCUT2D eigenvalue weighted by Gasteiger charge is -2.13. The molecule has 1 unspecified atom stereocenters. The first-order valence-electron chi connectivity index (χ1n) is 6.36. The van der Waals surface area contributed by atoms with Gasteiger partial charge in [0.1, 0.15) is 5.82 Å². The van der Waals surface area contributed by atoms with Crippen LogP contribution in [0.2, 0.25) is 5.02 Å². The Labute approximate surface area is 118 Å². The van der Waals surface area contributed by atoms with Gasteiger partial charge in [-0.2, -0.15) is 0 Å². The van der Waals surface area contributed by atoms with E-state index in [0.717, 1.165) is 41.3 Å². The minimum absolute atomic E-state index is 0.595. The fourth-order valence-corrected chi connectivity index (χ4v) is 2.40. The third-order valence-corrected chi connectivity index (χ3v) is 3.72. The summed E-state index contributed by atoms with van der Waals surface area (Å²) >= 11 is 11.9. The molecule has 4 heteroatoms. The van der Waals surface area contributed by atoms with Crippen molar-refractivity contribution in [3.63, 3.8) is 0 Å². The molecule has 1 aromatic carbocycles. The van der Waals surface area contributed by atoms with Gasteiger partial charge in [-0.1, -0.05) is 31.9 Å². The molecule has 0 aliphatic carbocycles. The maximum Gasteiger partial charge on any atom is 0.111 e. The molecule has 0 aliphatic heterocycles. The quantitative estimate of drug-likeness (QED) is 0.739. The van der Waals surface area contributed by atoms with E-state index in [4.69, 9.17) is 23.2 Å². The maximum absolute atomic E-state index is 6.08. The van der Waals surface area contributed by atoms with Crippen LogP contribution < -0.4 is 0 Å². The number of benzene rings is 1. The van der Waals surface area contributed by atoms with Gasteiger partial charge in [-0.15, -0.1) is 11.6 Å². The molecule has 0 saturated heterocycles. The summed E-state index contributed by atoms with van der Waals surface area (Å²) < 4.78 is 2.26. The molecule has 1 atom stereocenters. The van der Waals surface area contributed by atoms with Crippen LogP contribution in [0.25, 0.3) is 11.0 Å². The van der Waals surface area contributed by atoms with Crippen molar-refractivity contribution < 1.29 is 0 Å². The maximum atomic E-state index is 6.08. The van der Waals surface area contributed by atoms with Gasteiger partial charge < -0.3 is 4.57 Å². The Hall–Kier alpha value is -0.730. The Morgan fingerprint density at radius 3 is 2.83 bits per heavy atom. The second kappa shape index (κ2) is 5.94. The van der Waals surface area contributed by atoms with E-state index in [1.54, 1.807) is 0 Å². The summed E-state index contributed by atoms with van der Waals surface area (Å²) in [6.45, 7) is 5.43. The Morgan fingerprint density at radius 1 is 1.39 bits per heavy atom. The molecule has 2 rings (SSSR count). The van der Waals surface area contributed by atoms with Gasteiger partial charge in [0, 0.05) is 23.9 Å². The first kappa shape index (κ1) is 13.7. The summed E-state index contributed by atoms with van der Waals surface area (Å²) in [6, 6.07) is 5.85. The number of rotatable bonds is 5. The van der Waals surface area contributed by atoms with Gasteiger partial charge in [0.05, 0.1) is 11.0 Å². The van der Waals surface area contributed by atoms with Gasteiger partial charge in [0.15, 0.2) is 0 Å². The fourth-order valence-electron chi connectivity index (χ4n) is 2.07. The van der Waals surface area contributed by atoms with E-state index in [9.17, 15) is 0 Å². The molecule has 98 valence electrons. The van der Waals surface area contributed by atoms with Crippen molar-refractivity contribution in [2.45, 2.75) is 33.2 Å². The van der Waals surface area contributed by atoms with Crippen LogP contribution in [-0.2, 0) is 13.0 Å². The van der Waals surface area contributed by atoms with E-state index in [2.05, 4.69) is 23.4 Å². The molecule has 0 saturated carbocycles. The molecule has 0 N–H and O–H groups in total. The van der Waals surface area contributed by atoms with E-state index < -0.39 is 0 Å². The highest BCUT2D eigenvalue weighted by Gasteiger charge is 2.12. The molecule has 0 amide bonds. The summed E-state index contributed by atoms with van der Waals surface area (Å²) in [7, 11) is 0. The molecule has 2 aromatic rings. The van der Waals surface area contributed by atoms with E-state index in [1.165, 1.54) is 0 Å². The van der Waals surface area contributed by atoms with Gasteiger partial charge in [-0.3, -0.25) is 0 Å². The summed E-state index contributed by atoms with van der Waals surface area (Å²) in [5, 5.41) is 0.755. The first-order valence-corrected chi connectivity index (χ1v) is 7.27. The van der Waals surface area contributed by atoms with E-state index in [0.29, 0.717) is 11.8 Å². The summed E-state index contributed by atoms with van der Waals surface area (Å²) in [5.74, 6) is 2.27. The molecule has 0 bridgehead atoms. The average Bonchev–Trinajstić information content (AvgIpc) is 2.68. The van der Waals surface area contributed by atoms with E-state index in [1.807, 2.05) is 18.2 Å². The van der Waals surface area contributed by atoms with Crippen LogP contribution >= 0.6 is 23.2 Å². The van der Waals surface area contributed by atoms with Gasteiger partial charge in [-0.05, 0) is 24.1 Å². The van der Waals surface area contributed by atoms with Crippen molar-refractivity contribution in [1.82, 2.24) is 9.55 Å². The zero-order chi connectivity index (χ0) is 13.1. The molecule has 0 radical (unpaired) electrons. The molecule has 18 heavy (non-hydrogen) atoms. The smallest absolute Gasteiger partial charge is 0.111 e. The predicted molar refractivity (Wildman–Crippen MR) is 78.6 cm³/mol. The van der Waals surface area contributed by atoms with Crippen molar-refractivity contribution in [1.29, 1.82) is 0 Å². The largest absolute Gasteiger partial charge is 0.328 e. The molecule has 2 nitrogen and oxygen atoms in total. The van der Waals surface area contributed by atoms with E-state index >= 15 is 0 Å². The number of alkyl halides is 1. The Balaban J connectivity index is 2.49. The van der Waals surface area contributed by atoms with Crippen LogP contribution in [0.4, 0.5) is 0 Å². The standard InChI is InChI=1S/C14H18Cl2N2/c1-3-10(2)9-18-13-8-11(16)4-5-12(13)17-14(18)6-7-15/h4-5,8,10H,3,6-7,9H2,1-2H3. The molecular weight excluding hydrogens is 267 g/mol. The minimum atomic E-state index is 0.595. The normalized spacial score (nSPS) is 13.1. The third-order valence-electron chi connectivity index (χ3n) is 3.30. The Bertz CT molecular complexity index is 534. The van der Waals surface area contributed by atoms with Crippen LogP contribution in [0.5, 0.6) is 0 Å². The number of hydrogen-bond acceptors (Lipinski definition) is 1. The average molecular weight is 285 g/mol. The third kappa shape index (κ3) is 2.81. The molecular formula is C14H18Cl2N2. The second-order valence-corrected chi connectivity index (χ2v) is 5.54. The summed E-state index contributed by atoms with van der Waals surface area (Å²) in [5.41, 5.74) is 2.12. The van der Waals surface area contributed by atoms with Crippen molar-refractivity contribution >= 4 is 34.2 Å². The van der Waals surface area contributed by atoms with Crippen molar-refractivity contribution in [2.24, 2.45) is 5.92 Å². The summed E-state index contributed by atoms with van der Waals surface area (Å²) in [4.78, 5) is 4.65.